The minimum absolute atomic E-state index is 0.108. The van der Waals surface area contributed by atoms with Gasteiger partial charge in [0, 0.05) is 29.6 Å². The van der Waals surface area contributed by atoms with Crippen molar-refractivity contribution in [2.24, 2.45) is 0 Å². The number of carbonyl (C=O) groups excluding carboxylic acids is 2. The molecule has 0 heterocycles. The largest absolute Gasteiger partial charge is 0.354 e. The molecule has 0 unspecified atom stereocenters. The zero-order valence-electron chi connectivity index (χ0n) is 17.0. The first-order valence-corrected chi connectivity index (χ1v) is 10.7. The summed E-state index contributed by atoms with van der Waals surface area (Å²) in [6.45, 7) is 4.71. The lowest BCUT2D eigenvalue weighted by atomic mass is 10.1. The second-order valence-electron chi connectivity index (χ2n) is 7.03. The van der Waals surface area contributed by atoms with Gasteiger partial charge in [0.25, 0.3) is 0 Å². The quantitative estimate of drug-likeness (QED) is 0.518. The summed E-state index contributed by atoms with van der Waals surface area (Å²) in [6, 6.07) is 14.3. The van der Waals surface area contributed by atoms with Gasteiger partial charge in [0.15, 0.2) is 0 Å². The van der Waals surface area contributed by atoms with Gasteiger partial charge in [0.1, 0.15) is 6.04 Å². The number of amides is 2. The lowest BCUT2D eigenvalue weighted by molar-refractivity contribution is -0.140. The maximum atomic E-state index is 13.1. The van der Waals surface area contributed by atoms with E-state index in [1.807, 2.05) is 42.5 Å². The van der Waals surface area contributed by atoms with Crippen LogP contribution in [0, 0.1) is 0 Å². The first-order valence-electron chi connectivity index (χ1n) is 9.98. The number of hydrogen-bond donors (Lipinski definition) is 1. The molecule has 156 valence electrons. The summed E-state index contributed by atoms with van der Waals surface area (Å²) < 4.78 is 0. The Hall–Kier alpha value is -2.04. The van der Waals surface area contributed by atoms with E-state index in [2.05, 4.69) is 12.2 Å². The van der Waals surface area contributed by atoms with Crippen molar-refractivity contribution < 1.29 is 9.59 Å². The number of unbranched alkanes of at least 4 members (excludes halogenated alkanes) is 1. The van der Waals surface area contributed by atoms with Crippen molar-refractivity contribution in [2.45, 2.75) is 52.1 Å². The number of benzene rings is 2. The molecule has 0 spiro atoms. The zero-order valence-corrected chi connectivity index (χ0v) is 18.5. The highest BCUT2D eigenvalue weighted by molar-refractivity contribution is 6.31. The Balaban J connectivity index is 2.14. The van der Waals surface area contributed by atoms with Crippen LogP contribution in [0.25, 0.3) is 0 Å². The van der Waals surface area contributed by atoms with Crippen LogP contribution in [0.5, 0.6) is 0 Å². The average molecular weight is 435 g/mol. The van der Waals surface area contributed by atoms with E-state index in [0.29, 0.717) is 23.0 Å². The summed E-state index contributed by atoms with van der Waals surface area (Å²) in [5.41, 5.74) is 1.73. The Morgan fingerprint density at radius 3 is 2.17 bits per heavy atom. The van der Waals surface area contributed by atoms with E-state index in [0.717, 1.165) is 24.0 Å². The number of carbonyl (C=O) groups is 2. The Bertz CT molecular complexity index is 826. The fourth-order valence-electron chi connectivity index (χ4n) is 3.02. The molecule has 2 amide bonds. The molecule has 2 aromatic rings. The number of nitrogens with zero attached hydrogens (tertiary/aromatic N) is 1. The molecule has 0 aliphatic rings. The van der Waals surface area contributed by atoms with E-state index in [4.69, 9.17) is 23.2 Å². The van der Waals surface area contributed by atoms with Gasteiger partial charge in [-0.25, -0.2) is 0 Å². The molecule has 4 nitrogen and oxygen atoms in total. The van der Waals surface area contributed by atoms with Crippen LogP contribution >= 0.6 is 23.2 Å². The molecule has 0 aliphatic carbocycles. The van der Waals surface area contributed by atoms with Crippen LogP contribution in [0.15, 0.2) is 48.5 Å². The van der Waals surface area contributed by atoms with Gasteiger partial charge in [0.05, 0.1) is 0 Å². The van der Waals surface area contributed by atoms with Gasteiger partial charge in [-0.1, -0.05) is 72.9 Å². The molecule has 0 fully saturated rings. The number of rotatable bonds is 10. The van der Waals surface area contributed by atoms with E-state index >= 15 is 0 Å². The van der Waals surface area contributed by atoms with E-state index < -0.39 is 6.04 Å². The molecule has 0 saturated heterocycles. The summed E-state index contributed by atoms with van der Waals surface area (Å²) in [7, 11) is 0. The lowest BCUT2D eigenvalue weighted by Crippen LogP contribution is -2.47. The third kappa shape index (κ3) is 7.06. The van der Waals surface area contributed by atoms with E-state index in [9.17, 15) is 9.59 Å². The van der Waals surface area contributed by atoms with Crippen molar-refractivity contribution in [1.82, 2.24) is 10.2 Å². The first-order chi connectivity index (χ1) is 13.9. The predicted octanol–water partition coefficient (Wildman–Crippen LogP) is 5.26. The third-order valence-electron chi connectivity index (χ3n) is 4.86. The molecule has 0 aromatic heterocycles. The van der Waals surface area contributed by atoms with Crippen LogP contribution in [0.2, 0.25) is 10.0 Å². The van der Waals surface area contributed by atoms with E-state index in [1.165, 1.54) is 0 Å². The number of aryl methyl sites for hydroxylation is 1. The molecule has 6 heteroatoms. The highest BCUT2D eigenvalue weighted by Crippen LogP contribution is 2.21. The van der Waals surface area contributed by atoms with Gasteiger partial charge in [-0.2, -0.15) is 0 Å². The standard InChI is InChI=1S/C23H28Cl2N2O2/c1-3-4-15-26-23(29)17(2)27(16-19-10-6-8-12-21(19)25)22(28)14-13-18-9-5-7-11-20(18)24/h5-12,17H,3-4,13-16H2,1-2H3,(H,26,29)/t17-/m1/s1. The third-order valence-corrected chi connectivity index (χ3v) is 5.60. The van der Waals surface area contributed by atoms with Crippen LogP contribution in [0.1, 0.15) is 44.2 Å². The van der Waals surface area contributed by atoms with Crippen LogP contribution in [-0.4, -0.2) is 29.3 Å². The average Bonchev–Trinajstić information content (AvgIpc) is 2.72. The monoisotopic (exact) mass is 434 g/mol. The Morgan fingerprint density at radius 2 is 1.59 bits per heavy atom. The van der Waals surface area contributed by atoms with Gasteiger partial charge in [0.2, 0.25) is 11.8 Å². The molecule has 2 rings (SSSR count). The van der Waals surface area contributed by atoms with Crippen LogP contribution in [0.3, 0.4) is 0 Å². The number of halogens is 2. The summed E-state index contributed by atoms with van der Waals surface area (Å²) in [5.74, 6) is -0.264. The van der Waals surface area contributed by atoms with Crippen molar-refractivity contribution in [1.29, 1.82) is 0 Å². The molecule has 1 atom stereocenters. The molecular weight excluding hydrogens is 407 g/mol. The first kappa shape index (κ1) is 23.2. The van der Waals surface area contributed by atoms with Crippen molar-refractivity contribution in [3.05, 3.63) is 69.7 Å². The molecule has 1 N–H and O–H groups in total. The van der Waals surface area contributed by atoms with Crippen molar-refractivity contribution in [3.8, 4) is 0 Å². The second-order valence-corrected chi connectivity index (χ2v) is 7.84. The number of nitrogens with one attached hydrogen (secondary N) is 1. The van der Waals surface area contributed by atoms with E-state index in [1.54, 1.807) is 17.9 Å². The van der Waals surface area contributed by atoms with E-state index in [-0.39, 0.29) is 24.8 Å². The van der Waals surface area contributed by atoms with Gasteiger partial charge in [-0.3, -0.25) is 9.59 Å². The van der Waals surface area contributed by atoms with Crippen LogP contribution < -0.4 is 5.32 Å². The van der Waals surface area contributed by atoms with Crippen molar-refractivity contribution in [3.63, 3.8) is 0 Å². The second kappa shape index (κ2) is 11.8. The molecule has 0 saturated carbocycles. The normalized spacial score (nSPS) is 11.7. The lowest BCUT2D eigenvalue weighted by Gasteiger charge is -2.29. The predicted molar refractivity (Wildman–Crippen MR) is 119 cm³/mol. The Labute approximate surface area is 183 Å². The van der Waals surface area contributed by atoms with Crippen LogP contribution in [0.4, 0.5) is 0 Å². The van der Waals surface area contributed by atoms with Gasteiger partial charge in [-0.15, -0.1) is 0 Å². The molecule has 2 aromatic carbocycles. The maximum absolute atomic E-state index is 13.1. The Kier molecular flexibility index (Phi) is 9.49. The smallest absolute Gasteiger partial charge is 0.242 e. The summed E-state index contributed by atoms with van der Waals surface area (Å²) in [4.78, 5) is 27.3. The summed E-state index contributed by atoms with van der Waals surface area (Å²) >= 11 is 12.5. The zero-order chi connectivity index (χ0) is 21.2. The molecular formula is C23H28Cl2N2O2. The molecule has 0 bridgehead atoms. The molecule has 0 radical (unpaired) electrons. The highest BCUT2D eigenvalue weighted by atomic mass is 35.5. The minimum atomic E-state index is -0.595. The fourth-order valence-corrected chi connectivity index (χ4v) is 3.44. The minimum Gasteiger partial charge on any atom is -0.354 e. The van der Waals surface area contributed by atoms with Crippen molar-refractivity contribution >= 4 is 35.0 Å². The topological polar surface area (TPSA) is 49.4 Å². The highest BCUT2D eigenvalue weighted by Gasteiger charge is 2.26. The number of hydrogen-bond acceptors (Lipinski definition) is 2. The van der Waals surface area contributed by atoms with Crippen LogP contribution in [-0.2, 0) is 22.6 Å². The van der Waals surface area contributed by atoms with Gasteiger partial charge < -0.3 is 10.2 Å². The summed E-state index contributed by atoms with van der Waals surface area (Å²) in [5, 5.41) is 4.14. The SMILES string of the molecule is CCCCNC(=O)[C@@H](C)N(Cc1ccccc1Cl)C(=O)CCc1ccccc1Cl. The molecule has 0 aliphatic heterocycles. The molecule has 29 heavy (non-hydrogen) atoms. The van der Waals surface area contributed by atoms with Gasteiger partial charge in [-0.05, 0) is 43.0 Å². The van der Waals surface area contributed by atoms with Gasteiger partial charge >= 0.3 is 0 Å². The fraction of sp³-hybridized carbons (Fsp3) is 0.391. The maximum Gasteiger partial charge on any atom is 0.242 e. The summed E-state index contributed by atoms with van der Waals surface area (Å²) in [6.07, 6.45) is 2.68. The van der Waals surface area contributed by atoms with Crippen molar-refractivity contribution in [2.75, 3.05) is 6.54 Å². The Morgan fingerprint density at radius 1 is 1.00 bits per heavy atom.